The van der Waals surface area contributed by atoms with Crippen LogP contribution in [0.4, 0.5) is 0 Å². The molecular formula is C6H12O3. The average Bonchev–Trinajstić information content (AvgIpc) is 2.08. The summed E-state index contributed by atoms with van der Waals surface area (Å²) in [5.74, 6) is 0. The maximum absolute atomic E-state index is 9.40. The molecule has 1 heterocycles. The second-order valence-corrected chi connectivity index (χ2v) is 2.60. The molecule has 3 heteroatoms. The molecule has 1 aliphatic heterocycles. The lowest BCUT2D eigenvalue weighted by atomic mass is 10.0. The Labute approximate surface area is 54.6 Å². The van der Waals surface area contributed by atoms with Crippen molar-refractivity contribution in [2.75, 3.05) is 20.3 Å². The maximum Gasteiger partial charge on any atom is 0.113 e. The van der Waals surface area contributed by atoms with E-state index in [2.05, 4.69) is 0 Å². The highest BCUT2D eigenvalue weighted by Crippen LogP contribution is 2.19. The van der Waals surface area contributed by atoms with E-state index in [9.17, 15) is 5.11 Å². The molecule has 0 saturated carbocycles. The van der Waals surface area contributed by atoms with Crippen LogP contribution in [0.1, 0.15) is 6.92 Å². The fourth-order valence-electron chi connectivity index (χ4n) is 0.967. The summed E-state index contributed by atoms with van der Waals surface area (Å²) in [5, 5.41) is 9.40. The van der Waals surface area contributed by atoms with Gasteiger partial charge >= 0.3 is 0 Å². The van der Waals surface area contributed by atoms with E-state index >= 15 is 0 Å². The highest BCUT2D eigenvalue weighted by molar-refractivity contribution is 4.87. The third-order valence-corrected chi connectivity index (χ3v) is 1.64. The zero-order valence-electron chi connectivity index (χ0n) is 5.76. The number of hydrogen-bond acceptors (Lipinski definition) is 3. The number of aliphatic hydroxyl groups is 1. The van der Waals surface area contributed by atoms with Crippen LogP contribution in [0.15, 0.2) is 0 Å². The lowest BCUT2D eigenvalue weighted by molar-refractivity contribution is -0.0482. The quantitative estimate of drug-likeness (QED) is 0.536. The molecule has 1 fully saturated rings. The molecule has 0 aromatic rings. The zero-order valence-corrected chi connectivity index (χ0v) is 5.76. The molecule has 0 radical (unpaired) electrons. The summed E-state index contributed by atoms with van der Waals surface area (Å²) in [6.07, 6.45) is -0.155. The van der Waals surface area contributed by atoms with Gasteiger partial charge in [-0.25, -0.2) is 0 Å². The molecule has 0 amide bonds. The topological polar surface area (TPSA) is 38.7 Å². The Bertz CT molecular complexity index is 100. The van der Waals surface area contributed by atoms with E-state index in [0.29, 0.717) is 13.2 Å². The minimum absolute atomic E-state index is 0.155. The Hall–Kier alpha value is -0.120. The second-order valence-electron chi connectivity index (χ2n) is 2.60. The molecule has 2 atom stereocenters. The van der Waals surface area contributed by atoms with E-state index in [1.54, 1.807) is 14.0 Å². The van der Waals surface area contributed by atoms with Crippen molar-refractivity contribution in [3.63, 3.8) is 0 Å². The van der Waals surface area contributed by atoms with E-state index in [4.69, 9.17) is 9.47 Å². The fraction of sp³-hybridized carbons (Fsp3) is 1.00. The number of ether oxygens (including phenoxy) is 2. The number of rotatable bonds is 1. The Kier molecular flexibility index (Phi) is 1.75. The molecule has 0 aliphatic carbocycles. The van der Waals surface area contributed by atoms with Crippen molar-refractivity contribution >= 4 is 0 Å². The summed E-state index contributed by atoms with van der Waals surface area (Å²) in [6.45, 7) is 2.60. The summed E-state index contributed by atoms with van der Waals surface area (Å²) >= 11 is 0. The Balaban J connectivity index is 2.52. The van der Waals surface area contributed by atoms with E-state index in [0.717, 1.165) is 0 Å². The largest absolute Gasteiger partial charge is 0.385 e. The predicted octanol–water partition coefficient (Wildman–Crippen LogP) is -0.217. The first-order chi connectivity index (χ1) is 4.17. The highest BCUT2D eigenvalue weighted by atomic mass is 16.6. The van der Waals surface area contributed by atoms with Gasteiger partial charge in [0.15, 0.2) is 0 Å². The number of hydrogen-bond donors (Lipinski definition) is 1. The minimum atomic E-state index is -0.783. The van der Waals surface area contributed by atoms with Crippen molar-refractivity contribution in [1.29, 1.82) is 0 Å². The molecule has 0 aromatic heterocycles. The zero-order chi connectivity index (χ0) is 6.91. The molecule has 54 valence electrons. The van der Waals surface area contributed by atoms with Crippen LogP contribution in [0.5, 0.6) is 0 Å². The molecular weight excluding hydrogens is 120 g/mol. The molecule has 1 N–H and O–H groups in total. The van der Waals surface area contributed by atoms with Gasteiger partial charge in [-0.15, -0.1) is 0 Å². The van der Waals surface area contributed by atoms with Gasteiger partial charge in [0.1, 0.15) is 11.7 Å². The van der Waals surface area contributed by atoms with Gasteiger partial charge in [-0.05, 0) is 6.92 Å². The molecule has 3 nitrogen and oxygen atoms in total. The van der Waals surface area contributed by atoms with Gasteiger partial charge in [0.05, 0.1) is 13.2 Å². The van der Waals surface area contributed by atoms with Crippen molar-refractivity contribution in [3.8, 4) is 0 Å². The van der Waals surface area contributed by atoms with Crippen LogP contribution < -0.4 is 0 Å². The smallest absolute Gasteiger partial charge is 0.113 e. The molecule has 1 rings (SSSR count). The Morgan fingerprint density at radius 1 is 1.78 bits per heavy atom. The van der Waals surface area contributed by atoms with Gasteiger partial charge in [0.25, 0.3) is 0 Å². The van der Waals surface area contributed by atoms with Crippen LogP contribution in [0.3, 0.4) is 0 Å². The van der Waals surface area contributed by atoms with Gasteiger partial charge < -0.3 is 14.6 Å². The first kappa shape index (κ1) is 6.99. The second kappa shape index (κ2) is 2.25. The van der Waals surface area contributed by atoms with Crippen LogP contribution in [-0.2, 0) is 9.47 Å². The standard InChI is InChI=1S/C6H12O3/c1-6(7)4-9-3-5(6)8-2/h5,7H,3-4H2,1-2H3. The van der Waals surface area contributed by atoms with Crippen molar-refractivity contribution < 1.29 is 14.6 Å². The molecule has 9 heavy (non-hydrogen) atoms. The first-order valence-corrected chi connectivity index (χ1v) is 3.00. The van der Waals surface area contributed by atoms with Crippen LogP contribution >= 0.6 is 0 Å². The minimum Gasteiger partial charge on any atom is -0.385 e. The van der Waals surface area contributed by atoms with Gasteiger partial charge in [0, 0.05) is 7.11 Å². The van der Waals surface area contributed by atoms with Crippen LogP contribution in [0, 0.1) is 0 Å². The van der Waals surface area contributed by atoms with Gasteiger partial charge in [-0.3, -0.25) is 0 Å². The Morgan fingerprint density at radius 3 is 2.67 bits per heavy atom. The summed E-state index contributed by atoms with van der Waals surface area (Å²) in [4.78, 5) is 0. The predicted molar refractivity (Wildman–Crippen MR) is 32.2 cm³/mol. The summed E-state index contributed by atoms with van der Waals surface area (Å²) < 4.78 is 9.94. The molecule has 1 aliphatic rings. The van der Waals surface area contributed by atoms with E-state index in [1.165, 1.54) is 0 Å². The van der Waals surface area contributed by atoms with E-state index < -0.39 is 5.60 Å². The average molecular weight is 132 g/mol. The summed E-state index contributed by atoms with van der Waals surface area (Å²) in [6, 6.07) is 0. The van der Waals surface area contributed by atoms with Gasteiger partial charge in [-0.2, -0.15) is 0 Å². The van der Waals surface area contributed by atoms with E-state index in [1.807, 2.05) is 0 Å². The summed E-state index contributed by atoms with van der Waals surface area (Å²) in [7, 11) is 1.58. The van der Waals surface area contributed by atoms with Gasteiger partial charge in [0.2, 0.25) is 0 Å². The normalized spacial score (nSPS) is 43.7. The summed E-state index contributed by atoms with van der Waals surface area (Å²) in [5.41, 5.74) is -0.783. The third-order valence-electron chi connectivity index (χ3n) is 1.64. The number of methoxy groups -OCH3 is 1. The van der Waals surface area contributed by atoms with E-state index in [-0.39, 0.29) is 6.10 Å². The Morgan fingerprint density at radius 2 is 2.44 bits per heavy atom. The van der Waals surface area contributed by atoms with Crippen molar-refractivity contribution in [2.45, 2.75) is 18.6 Å². The first-order valence-electron chi connectivity index (χ1n) is 3.00. The highest BCUT2D eigenvalue weighted by Gasteiger charge is 2.37. The van der Waals surface area contributed by atoms with Crippen LogP contribution in [-0.4, -0.2) is 37.1 Å². The third kappa shape index (κ3) is 1.23. The van der Waals surface area contributed by atoms with Crippen LogP contribution in [0.2, 0.25) is 0 Å². The van der Waals surface area contributed by atoms with Crippen molar-refractivity contribution in [1.82, 2.24) is 0 Å². The molecule has 0 aromatic carbocycles. The van der Waals surface area contributed by atoms with Crippen LogP contribution in [0.25, 0.3) is 0 Å². The van der Waals surface area contributed by atoms with Crippen molar-refractivity contribution in [2.24, 2.45) is 0 Å². The lowest BCUT2D eigenvalue weighted by Gasteiger charge is -2.20. The molecule has 2 unspecified atom stereocenters. The molecule has 1 saturated heterocycles. The fourth-order valence-corrected chi connectivity index (χ4v) is 0.967. The van der Waals surface area contributed by atoms with Gasteiger partial charge in [-0.1, -0.05) is 0 Å². The molecule has 0 spiro atoms. The molecule has 0 bridgehead atoms. The lowest BCUT2D eigenvalue weighted by Crippen LogP contribution is -2.38. The monoisotopic (exact) mass is 132 g/mol. The maximum atomic E-state index is 9.40. The SMILES string of the molecule is COC1COCC1(C)O. The van der Waals surface area contributed by atoms with Crippen molar-refractivity contribution in [3.05, 3.63) is 0 Å².